The van der Waals surface area contributed by atoms with E-state index < -0.39 is 0 Å². The molecular formula is C9H15O. The minimum absolute atomic E-state index is 0.779. The van der Waals surface area contributed by atoms with Gasteiger partial charge in [-0.3, -0.25) is 0 Å². The van der Waals surface area contributed by atoms with E-state index in [0.717, 1.165) is 25.9 Å². The Labute approximate surface area is 63.8 Å². The molecule has 0 heterocycles. The lowest BCUT2D eigenvalue weighted by molar-refractivity contribution is 0.219. The molecule has 1 radical (unpaired) electrons. The highest BCUT2D eigenvalue weighted by Crippen LogP contribution is 1.85. The number of rotatable bonds is 4. The molecule has 0 unspecified atom stereocenters. The first kappa shape index (κ1) is 9.52. The van der Waals surface area contributed by atoms with Gasteiger partial charge in [0.2, 0.25) is 0 Å². The van der Waals surface area contributed by atoms with Gasteiger partial charge in [0, 0.05) is 13.0 Å². The van der Waals surface area contributed by atoms with Crippen LogP contribution < -0.4 is 0 Å². The highest BCUT2D eigenvalue weighted by molar-refractivity contribution is 5.05. The van der Waals surface area contributed by atoms with E-state index in [-0.39, 0.29) is 0 Å². The molecule has 10 heavy (non-hydrogen) atoms. The highest BCUT2D eigenvalue weighted by atomic mass is 16.5. The van der Waals surface area contributed by atoms with Crippen LogP contribution in [0.4, 0.5) is 0 Å². The Morgan fingerprint density at radius 2 is 2.10 bits per heavy atom. The first-order valence-corrected chi connectivity index (χ1v) is 3.83. The summed E-state index contributed by atoms with van der Waals surface area (Å²) in [4.78, 5) is 0. The maximum atomic E-state index is 5.03. The molecule has 57 valence electrons. The van der Waals surface area contributed by atoms with Gasteiger partial charge >= 0.3 is 0 Å². The van der Waals surface area contributed by atoms with E-state index in [0.29, 0.717) is 0 Å². The van der Waals surface area contributed by atoms with Crippen molar-refractivity contribution in [3.63, 3.8) is 0 Å². The first-order chi connectivity index (χ1) is 4.91. The molecule has 0 atom stereocenters. The number of hydrogen-bond acceptors (Lipinski definition) is 1. The molecule has 0 saturated carbocycles. The molecule has 0 fully saturated rings. The zero-order valence-corrected chi connectivity index (χ0v) is 6.81. The van der Waals surface area contributed by atoms with E-state index in [1.807, 2.05) is 0 Å². The molecule has 0 aliphatic rings. The summed E-state index contributed by atoms with van der Waals surface area (Å²) in [5, 5.41) is 0. The van der Waals surface area contributed by atoms with Crippen molar-refractivity contribution in [2.75, 3.05) is 6.61 Å². The van der Waals surface area contributed by atoms with Crippen LogP contribution in [0.2, 0.25) is 0 Å². The summed E-state index contributed by atoms with van der Waals surface area (Å²) < 4.78 is 5.03. The lowest BCUT2D eigenvalue weighted by Crippen LogP contribution is -1.85. The Morgan fingerprint density at radius 1 is 1.30 bits per heavy atom. The molecule has 1 nitrogen and oxygen atoms in total. The third-order valence-electron chi connectivity index (χ3n) is 0.941. The average Bonchev–Trinajstić information content (AvgIpc) is 1.97. The molecule has 0 spiro atoms. The van der Waals surface area contributed by atoms with E-state index in [9.17, 15) is 0 Å². The standard InChI is InChI=1S/C9H15O/c1-3-5-6-7-9-10-8-4-2/h9H,3-5,8H2,1-2H3. The van der Waals surface area contributed by atoms with Gasteiger partial charge in [-0.1, -0.05) is 19.8 Å². The van der Waals surface area contributed by atoms with Gasteiger partial charge in [-0.15, -0.1) is 5.92 Å². The summed E-state index contributed by atoms with van der Waals surface area (Å²) in [7, 11) is 0. The van der Waals surface area contributed by atoms with Crippen LogP contribution in [0.3, 0.4) is 0 Å². The van der Waals surface area contributed by atoms with Crippen molar-refractivity contribution in [1.82, 2.24) is 0 Å². The lowest BCUT2D eigenvalue weighted by Gasteiger charge is -1.91. The number of hydrogen-bond donors (Lipinski definition) is 0. The van der Waals surface area contributed by atoms with Crippen LogP contribution in [0, 0.1) is 18.4 Å². The molecule has 0 rings (SSSR count). The van der Waals surface area contributed by atoms with E-state index in [1.165, 1.54) is 0 Å². The summed E-state index contributed by atoms with van der Waals surface area (Å²) in [5.74, 6) is 5.79. The Hall–Kier alpha value is -0.480. The monoisotopic (exact) mass is 139 g/mol. The van der Waals surface area contributed by atoms with Crippen LogP contribution in [0.25, 0.3) is 0 Å². The maximum Gasteiger partial charge on any atom is 0.155 e. The van der Waals surface area contributed by atoms with Gasteiger partial charge < -0.3 is 4.74 Å². The Morgan fingerprint density at radius 3 is 2.70 bits per heavy atom. The third kappa shape index (κ3) is 7.52. The second-order valence-electron chi connectivity index (χ2n) is 2.06. The Balaban J connectivity index is 2.96. The fourth-order valence-electron chi connectivity index (χ4n) is 0.457. The first-order valence-electron chi connectivity index (χ1n) is 3.83. The number of ether oxygens (including phenoxy) is 1. The largest absolute Gasteiger partial charge is 0.362 e. The summed E-state index contributed by atoms with van der Waals surface area (Å²) in [6.07, 6.45) is 3.13. The molecule has 0 amide bonds. The Bertz CT molecular complexity index is 108. The molecule has 0 aromatic carbocycles. The maximum absolute atomic E-state index is 5.03. The van der Waals surface area contributed by atoms with Crippen molar-refractivity contribution in [1.29, 1.82) is 0 Å². The minimum atomic E-state index is 0.779. The van der Waals surface area contributed by atoms with Gasteiger partial charge in [0.25, 0.3) is 0 Å². The van der Waals surface area contributed by atoms with E-state index in [4.69, 9.17) is 4.74 Å². The normalized spacial score (nSPS) is 8.60. The van der Waals surface area contributed by atoms with Gasteiger partial charge in [0.05, 0.1) is 0 Å². The van der Waals surface area contributed by atoms with Crippen LogP contribution in [0.1, 0.15) is 33.1 Å². The van der Waals surface area contributed by atoms with Crippen molar-refractivity contribution in [3.8, 4) is 11.8 Å². The Kier molecular flexibility index (Phi) is 8.11. The molecule has 0 aliphatic heterocycles. The molecule has 0 N–H and O–H groups in total. The number of unbranched alkanes of at least 4 members (excludes halogenated alkanes) is 1. The van der Waals surface area contributed by atoms with E-state index in [1.54, 1.807) is 6.61 Å². The zero-order chi connectivity index (χ0) is 7.66. The van der Waals surface area contributed by atoms with Gasteiger partial charge in [0.1, 0.15) is 0 Å². The van der Waals surface area contributed by atoms with Crippen molar-refractivity contribution < 1.29 is 4.74 Å². The predicted octanol–water partition coefficient (Wildman–Crippen LogP) is 2.38. The fraction of sp³-hybridized carbons (Fsp3) is 0.667. The summed E-state index contributed by atoms with van der Waals surface area (Å²) in [5.41, 5.74) is 0. The quantitative estimate of drug-likeness (QED) is 0.429. The van der Waals surface area contributed by atoms with Crippen molar-refractivity contribution in [3.05, 3.63) is 6.61 Å². The summed E-state index contributed by atoms with van der Waals surface area (Å²) >= 11 is 0. The third-order valence-corrected chi connectivity index (χ3v) is 0.941. The van der Waals surface area contributed by atoms with Gasteiger partial charge in [-0.25, -0.2) is 0 Å². The lowest BCUT2D eigenvalue weighted by atomic mass is 10.3. The minimum Gasteiger partial charge on any atom is -0.362 e. The highest BCUT2D eigenvalue weighted by Gasteiger charge is 1.78. The van der Waals surface area contributed by atoms with Crippen LogP contribution in [-0.2, 0) is 4.74 Å². The second-order valence-corrected chi connectivity index (χ2v) is 2.06. The van der Waals surface area contributed by atoms with E-state index in [2.05, 4.69) is 25.7 Å². The molecule has 1 heteroatoms. The van der Waals surface area contributed by atoms with E-state index >= 15 is 0 Å². The van der Waals surface area contributed by atoms with Crippen molar-refractivity contribution >= 4 is 0 Å². The molecule has 0 aromatic rings. The topological polar surface area (TPSA) is 9.23 Å². The second kappa shape index (κ2) is 8.52. The molecule has 0 bridgehead atoms. The van der Waals surface area contributed by atoms with Crippen molar-refractivity contribution in [2.45, 2.75) is 33.1 Å². The molecule has 0 aromatic heterocycles. The summed E-state index contributed by atoms with van der Waals surface area (Å²) in [6.45, 7) is 6.55. The van der Waals surface area contributed by atoms with Crippen LogP contribution >= 0.6 is 0 Å². The van der Waals surface area contributed by atoms with Gasteiger partial charge in [-0.2, -0.15) is 0 Å². The smallest absolute Gasteiger partial charge is 0.155 e. The molecular weight excluding hydrogens is 124 g/mol. The summed E-state index contributed by atoms with van der Waals surface area (Å²) in [6, 6.07) is 0. The molecule has 0 aliphatic carbocycles. The SMILES string of the molecule is CCCC#C[CH]OCCC. The van der Waals surface area contributed by atoms with Crippen molar-refractivity contribution in [2.24, 2.45) is 0 Å². The van der Waals surface area contributed by atoms with Gasteiger partial charge in [-0.05, 0) is 12.8 Å². The zero-order valence-electron chi connectivity index (χ0n) is 6.81. The average molecular weight is 139 g/mol. The van der Waals surface area contributed by atoms with Crippen LogP contribution in [-0.4, -0.2) is 6.61 Å². The van der Waals surface area contributed by atoms with Crippen LogP contribution in [0.15, 0.2) is 0 Å². The predicted molar refractivity (Wildman–Crippen MR) is 43.2 cm³/mol. The fourth-order valence-corrected chi connectivity index (χ4v) is 0.457. The van der Waals surface area contributed by atoms with Gasteiger partial charge in [0.15, 0.2) is 6.61 Å². The van der Waals surface area contributed by atoms with Crippen LogP contribution in [0.5, 0.6) is 0 Å². The molecule has 0 saturated heterocycles.